The number of sulfonamides is 1. The Hall–Kier alpha value is -2.44. The molecule has 0 aliphatic heterocycles. The molecule has 3 rings (SSSR count). The zero-order chi connectivity index (χ0) is 15.7. The van der Waals surface area contributed by atoms with Crippen molar-refractivity contribution >= 4 is 26.6 Å². The lowest BCUT2D eigenvalue weighted by Gasteiger charge is -2.20. The Morgan fingerprint density at radius 1 is 1.00 bits per heavy atom. The highest BCUT2D eigenvalue weighted by atomic mass is 32.2. The van der Waals surface area contributed by atoms with Crippen molar-refractivity contribution < 1.29 is 8.42 Å². The van der Waals surface area contributed by atoms with Gasteiger partial charge in [-0.25, -0.2) is 10.3 Å². The fourth-order valence-electron chi connectivity index (χ4n) is 2.23. The first-order chi connectivity index (χ1) is 10.5. The Kier molecular flexibility index (Phi) is 3.56. The van der Waals surface area contributed by atoms with Crippen LogP contribution in [0.25, 0.3) is 10.9 Å². The van der Waals surface area contributed by atoms with E-state index in [1.807, 2.05) is 25.1 Å². The summed E-state index contributed by atoms with van der Waals surface area (Å²) >= 11 is 0. The number of nitrogens with zero attached hydrogens (tertiary/aromatic N) is 2. The van der Waals surface area contributed by atoms with Gasteiger partial charge in [-0.05, 0) is 31.2 Å². The predicted octanol–water partition coefficient (Wildman–Crippen LogP) is 2.61. The molecule has 22 heavy (non-hydrogen) atoms. The van der Waals surface area contributed by atoms with Crippen LogP contribution in [-0.2, 0) is 10.0 Å². The fraction of sp³-hybridized carbons (Fsp3) is 0.0625. The molecule has 5 nitrogen and oxygen atoms in total. The SMILES string of the molecule is Cc1ccc(S(=O)(=O)N(N)c2ccnc3ccccc23)cc1. The molecule has 112 valence electrons. The summed E-state index contributed by atoms with van der Waals surface area (Å²) in [5, 5.41) is 0.684. The van der Waals surface area contributed by atoms with Gasteiger partial charge in [0.25, 0.3) is 10.0 Å². The number of hydrogen-bond donors (Lipinski definition) is 1. The molecule has 0 saturated heterocycles. The van der Waals surface area contributed by atoms with E-state index in [9.17, 15) is 8.42 Å². The van der Waals surface area contributed by atoms with Gasteiger partial charge in [-0.2, -0.15) is 8.42 Å². The number of hydrogen-bond acceptors (Lipinski definition) is 4. The van der Waals surface area contributed by atoms with Crippen molar-refractivity contribution in [1.29, 1.82) is 0 Å². The van der Waals surface area contributed by atoms with Crippen LogP contribution < -0.4 is 10.3 Å². The Morgan fingerprint density at radius 2 is 1.68 bits per heavy atom. The Bertz CT molecular complexity index is 916. The van der Waals surface area contributed by atoms with E-state index in [1.54, 1.807) is 42.6 Å². The summed E-state index contributed by atoms with van der Waals surface area (Å²) in [6, 6.07) is 15.4. The number of fused-ring (bicyclic) bond motifs is 1. The van der Waals surface area contributed by atoms with Gasteiger partial charge in [0.2, 0.25) is 0 Å². The Balaban J connectivity index is 2.12. The van der Waals surface area contributed by atoms with Crippen molar-refractivity contribution in [2.45, 2.75) is 11.8 Å². The van der Waals surface area contributed by atoms with E-state index >= 15 is 0 Å². The molecule has 1 heterocycles. The molecule has 2 aromatic carbocycles. The quantitative estimate of drug-likeness (QED) is 0.595. The smallest absolute Gasteiger partial charge is 0.256 e. The van der Waals surface area contributed by atoms with Gasteiger partial charge in [0.15, 0.2) is 0 Å². The molecule has 0 unspecified atom stereocenters. The molecule has 0 fully saturated rings. The average molecular weight is 313 g/mol. The molecule has 0 amide bonds. The molecule has 2 N–H and O–H groups in total. The molecule has 6 heteroatoms. The summed E-state index contributed by atoms with van der Waals surface area (Å²) in [5.41, 5.74) is 2.07. The van der Waals surface area contributed by atoms with E-state index in [1.165, 1.54) is 0 Å². The highest BCUT2D eigenvalue weighted by molar-refractivity contribution is 7.92. The molecule has 0 spiro atoms. The van der Waals surface area contributed by atoms with Gasteiger partial charge < -0.3 is 0 Å². The second-order valence-electron chi connectivity index (χ2n) is 4.96. The van der Waals surface area contributed by atoms with Crippen molar-refractivity contribution in [3.63, 3.8) is 0 Å². The number of rotatable bonds is 3. The molecule has 0 saturated carbocycles. The molecule has 3 aromatic rings. The van der Waals surface area contributed by atoms with E-state index in [2.05, 4.69) is 4.98 Å². The minimum absolute atomic E-state index is 0.154. The largest absolute Gasteiger partial charge is 0.277 e. The van der Waals surface area contributed by atoms with Crippen LogP contribution in [0.5, 0.6) is 0 Å². The minimum atomic E-state index is -3.82. The monoisotopic (exact) mass is 313 g/mol. The third kappa shape index (κ3) is 2.43. The van der Waals surface area contributed by atoms with E-state index in [0.717, 1.165) is 9.98 Å². The summed E-state index contributed by atoms with van der Waals surface area (Å²) < 4.78 is 26.1. The van der Waals surface area contributed by atoms with Gasteiger partial charge in [0, 0.05) is 11.6 Å². The van der Waals surface area contributed by atoms with Crippen LogP contribution in [0.1, 0.15) is 5.56 Å². The van der Waals surface area contributed by atoms with Gasteiger partial charge in [0.1, 0.15) is 0 Å². The van der Waals surface area contributed by atoms with Crippen LogP contribution >= 0.6 is 0 Å². The first kappa shape index (κ1) is 14.5. The molecule has 1 aromatic heterocycles. The van der Waals surface area contributed by atoms with Crippen molar-refractivity contribution in [1.82, 2.24) is 4.98 Å². The third-order valence-electron chi connectivity index (χ3n) is 3.44. The van der Waals surface area contributed by atoms with Crippen LogP contribution in [0, 0.1) is 6.92 Å². The maximum atomic E-state index is 12.7. The lowest BCUT2D eigenvalue weighted by atomic mass is 10.2. The molecule has 0 radical (unpaired) electrons. The van der Waals surface area contributed by atoms with Crippen molar-refractivity contribution in [3.05, 3.63) is 66.4 Å². The number of hydrazine groups is 1. The van der Waals surface area contributed by atoms with Crippen molar-refractivity contribution in [3.8, 4) is 0 Å². The van der Waals surface area contributed by atoms with Gasteiger partial charge in [-0.15, -0.1) is 0 Å². The molecular formula is C16H15N3O2S. The number of aryl methyl sites for hydroxylation is 1. The lowest BCUT2D eigenvalue weighted by Crippen LogP contribution is -2.37. The maximum absolute atomic E-state index is 12.7. The van der Waals surface area contributed by atoms with Gasteiger partial charge in [-0.1, -0.05) is 35.9 Å². The van der Waals surface area contributed by atoms with Crippen LogP contribution in [0.3, 0.4) is 0 Å². The second kappa shape index (κ2) is 5.40. The lowest BCUT2D eigenvalue weighted by molar-refractivity contribution is 0.592. The summed E-state index contributed by atoms with van der Waals surface area (Å²) in [6.45, 7) is 1.90. The third-order valence-corrected chi connectivity index (χ3v) is 5.02. The van der Waals surface area contributed by atoms with Crippen LogP contribution in [0.4, 0.5) is 5.69 Å². The Labute approximate surface area is 129 Å². The normalized spacial score (nSPS) is 11.5. The molecule has 0 atom stereocenters. The van der Waals surface area contributed by atoms with Gasteiger partial charge in [-0.3, -0.25) is 4.98 Å². The fourth-order valence-corrected chi connectivity index (χ4v) is 3.35. The number of benzene rings is 2. The standard InChI is InChI=1S/C16H15N3O2S/c1-12-6-8-13(9-7-12)22(20,21)19(17)16-10-11-18-15-5-3-2-4-14(15)16/h2-11H,17H2,1H3. The second-order valence-corrected chi connectivity index (χ2v) is 6.78. The average Bonchev–Trinajstić information content (AvgIpc) is 2.54. The first-order valence-corrected chi connectivity index (χ1v) is 8.14. The summed E-state index contributed by atoms with van der Waals surface area (Å²) in [7, 11) is -3.82. The molecular weight excluding hydrogens is 298 g/mol. The number of pyridine rings is 1. The summed E-state index contributed by atoms with van der Waals surface area (Å²) in [6.07, 6.45) is 1.54. The number of aromatic nitrogens is 1. The topological polar surface area (TPSA) is 76.3 Å². The maximum Gasteiger partial charge on any atom is 0.277 e. The zero-order valence-corrected chi connectivity index (χ0v) is 12.8. The number of anilines is 1. The highest BCUT2D eigenvalue weighted by Gasteiger charge is 2.23. The number of nitrogens with two attached hydrogens (primary N) is 1. The molecule has 0 aliphatic rings. The molecule has 0 bridgehead atoms. The van der Waals surface area contributed by atoms with E-state index < -0.39 is 10.0 Å². The summed E-state index contributed by atoms with van der Waals surface area (Å²) in [4.78, 5) is 4.37. The van der Waals surface area contributed by atoms with Crippen molar-refractivity contribution in [2.24, 2.45) is 5.84 Å². The minimum Gasteiger partial charge on any atom is -0.256 e. The molecule has 0 aliphatic carbocycles. The first-order valence-electron chi connectivity index (χ1n) is 6.70. The van der Waals surface area contributed by atoms with E-state index in [0.29, 0.717) is 16.6 Å². The van der Waals surface area contributed by atoms with Crippen molar-refractivity contribution in [2.75, 3.05) is 4.41 Å². The van der Waals surface area contributed by atoms with E-state index in [4.69, 9.17) is 5.84 Å². The van der Waals surface area contributed by atoms with E-state index in [-0.39, 0.29) is 4.90 Å². The van der Waals surface area contributed by atoms with Crippen LogP contribution in [0.2, 0.25) is 0 Å². The Morgan fingerprint density at radius 3 is 2.41 bits per heavy atom. The summed E-state index contributed by atoms with van der Waals surface area (Å²) in [5.74, 6) is 5.93. The van der Waals surface area contributed by atoms with Crippen LogP contribution in [0.15, 0.2) is 65.7 Å². The van der Waals surface area contributed by atoms with Gasteiger partial charge >= 0.3 is 0 Å². The highest BCUT2D eigenvalue weighted by Crippen LogP contribution is 2.27. The predicted molar refractivity (Wildman–Crippen MR) is 86.8 cm³/mol. The van der Waals surface area contributed by atoms with Gasteiger partial charge in [0.05, 0.1) is 16.1 Å². The van der Waals surface area contributed by atoms with Crippen LogP contribution in [-0.4, -0.2) is 13.4 Å². The number of para-hydroxylation sites is 1. The zero-order valence-electron chi connectivity index (χ0n) is 12.0.